The summed E-state index contributed by atoms with van der Waals surface area (Å²) in [7, 11) is 0. The molecule has 2 aromatic rings. The lowest BCUT2D eigenvalue weighted by molar-refractivity contribution is -0.134. The van der Waals surface area contributed by atoms with Gasteiger partial charge in [-0.3, -0.25) is 14.6 Å². The number of pyridine rings is 1. The predicted octanol–water partition coefficient (Wildman–Crippen LogP) is 3.24. The van der Waals surface area contributed by atoms with Crippen LogP contribution >= 0.6 is 0 Å². The zero-order valence-electron chi connectivity index (χ0n) is 14.6. The summed E-state index contributed by atoms with van der Waals surface area (Å²) in [5, 5.41) is 5.73. The third kappa shape index (κ3) is 3.87. The Bertz CT molecular complexity index is 750. The SMILES string of the molecule is CC(C)c1ccc(NC(=O)C2(C(=O)NCc3cccnc3)CC2)cc1. The topological polar surface area (TPSA) is 71.1 Å². The lowest BCUT2D eigenvalue weighted by atomic mass is 10.0. The molecule has 0 aliphatic heterocycles. The van der Waals surface area contributed by atoms with E-state index in [1.54, 1.807) is 12.4 Å². The first-order valence-corrected chi connectivity index (χ1v) is 8.60. The van der Waals surface area contributed by atoms with E-state index in [1.165, 1.54) is 5.56 Å². The number of hydrogen-bond donors (Lipinski definition) is 2. The van der Waals surface area contributed by atoms with Crippen LogP contribution in [0.25, 0.3) is 0 Å². The standard InChI is InChI=1S/C20H23N3O2/c1-14(2)16-5-7-17(8-6-16)23-19(25)20(9-10-20)18(24)22-13-15-4-3-11-21-12-15/h3-8,11-12,14H,9-10,13H2,1-2H3,(H,22,24)(H,23,25). The van der Waals surface area contributed by atoms with Crippen molar-refractivity contribution in [1.29, 1.82) is 0 Å². The molecule has 1 fully saturated rings. The second-order valence-corrected chi connectivity index (χ2v) is 6.86. The zero-order chi connectivity index (χ0) is 17.9. The van der Waals surface area contributed by atoms with E-state index in [-0.39, 0.29) is 11.8 Å². The molecule has 2 amide bonds. The van der Waals surface area contributed by atoms with Gasteiger partial charge in [0.05, 0.1) is 0 Å². The number of hydrogen-bond acceptors (Lipinski definition) is 3. The number of carbonyl (C=O) groups is 2. The molecule has 1 aromatic heterocycles. The van der Waals surface area contributed by atoms with E-state index in [4.69, 9.17) is 0 Å². The van der Waals surface area contributed by atoms with Crippen LogP contribution in [0.4, 0.5) is 5.69 Å². The Hall–Kier alpha value is -2.69. The molecule has 0 radical (unpaired) electrons. The number of benzene rings is 1. The fourth-order valence-corrected chi connectivity index (χ4v) is 2.74. The van der Waals surface area contributed by atoms with Crippen molar-refractivity contribution in [3.63, 3.8) is 0 Å². The van der Waals surface area contributed by atoms with E-state index in [0.29, 0.717) is 25.3 Å². The van der Waals surface area contributed by atoms with Crippen molar-refractivity contribution in [1.82, 2.24) is 10.3 Å². The van der Waals surface area contributed by atoms with Crippen LogP contribution in [0, 0.1) is 5.41 Å². The minimum atomic E-state index is -0.932. The van der Waals surface area contributed by atoms with Crippen LogP contribution in [0.1, 0.15) is 43.7 Å². The number of amides is 2. The molecule has 2 N–H and O–H groups in total. The Kier molecular flexibility index (Phi) is 4.83. The van der Waals surface area contributed by atoms with Crippen molar-refractivity contribution >= 4 is 17.5 Å². The first-order chi connectivity index (χ1) is 12.0. The number of nitrogens with zero attached hydrogens (tertiary/aromatic N) is 1. The van der Waals surface area contributed by atoms with Gasteiger partial charge in [0.2, 0.25) is 11.8 Å². The van der Waals surface area contributed by atoms with Gasteiger partial charge in [0.15, 0.2) is 0 Å². The Morgan fingerprint density at radius 3 is 2.40 bits per heavy atom. The van der Waals surface area contributed by atoms with Crippen molar-refractivity contribution in [3.05, 3.63) is 59.9 Å². The molecule has 25 heavy (non-hydrogen) atoms. The Balaban J connectivity index is 1.59. The van der Waals surface area contributed by atoms with Crippen LogP contribution < -0.4 is 10.6 Å². The molecule has 0 atom stereocenters. The molecule has 1 aliphatic carbocycles. The summed E-state index contributed by atoms with van der Waals surface area (Å²) >= 11 is 0. The van der Waals surface area contributed by atoms with Crippen LogP contribution in [0.15, 0.2) is 48.8 Å². The molecule has 0 unspecified atom stereocenters. The number of nitrogens with one attached hydrogen (secondary N) is 2. The highest BCUT2D eigenvalue weighted by atomic mass is 16.2. The van der Waals surface area contributed by atoms with Crippen LogP contribution in [-0.4, -0.2) is 16.8 Å². The van der Waals surface area contributed by atoms with E-state index in [1.807, 2.05) is 36.4 Å². The lowest BCUT2D eigenvalue weighted by Gasteiger charge is -2.16. The summed E-state index contributed by atoms with van der Waals surface area (Å²) in [4.78, 5) is 29.1. The minimum absolute atomic E-state index is 0.215. The normalized spacial score (nSPS) is 14.8. The fourth-order valence-electron chi connectivity index (χ4n) is 2.74. The quantitative estimate of drug-likeness (QED) is 0.795. The van der Waals surface area contributed by atoms with Gasteiger partial charge in [-0.25, -0.2) is 0 Å². The highest BCUT2D eigenvalue weighted by molar-refractivity contribution is 6.13. The Labute approximate surface area is 147 Å². The van der Waals surface area contributed by atoms with Gasteiger partial charge >= 0.3 is 0 Å². The molecule has 3 rings (SSSR count). The molecule has 0 spiro atoms. The highest BCUT2D eigenvalue weighted by Gasteiger charge is 2.56. The predicted molar refractivity (Wildman–Crippen MR) is 96.9 cm³/mol. The lowest BCUT2D eigenvalue weighted by Crippen LogP contribution is -2.39. The fraction of sp³-hybridized carbons (Fsp3) is 0.350. The maximum atomic E-state index is 12.6. The Morgan fingerprint density at radius 1 is 1.12 bits per heavy atom. The van der Waals surface area contributed by atoms with Gasteiger partial charge in [-0.05, 0) is 48.1 Å². The largest absolute Gasteiger partial charge is 0.351 e. The molecule has 1 aromatic carbocycles. The molecule has 1 aliphatic rings. The maximum absolute atomic E-state index is 12.6. The smallest absolute Gasteiger partial charge is 0.240 e. The molecule has 1 heterocycles. The average Bonchev–Trinajstić information content (AvgIpc) is 3.43. The van der Waals surface area contributed by atoms with Gasteiger partial charge in [-0.1, -0.05) is 32.0 Å². The molecule has 0 saturated heterocycles. The summed E-state index contributed by atoms with van der Waals surface area (Å²) in [6, 6.07) is 11.5. The average molecular weight is 337 g/mol. The zero-order valence-corrected chi connectivity index (χ0v) is 14.6. The van der Waals surface area contributed by atoms with E-state index in [9.17, 15) is 9.59 Å². The minimum Gasteiger partial charge on any atom is -0.351 e. The summed E-state index contributed by atoms with van der Waals surface area (Å²) in [5.74, 6) is -0.00100. The monoisotopic (exact) mass is 337 g/mol. The van der Waals surface area contributed by atoms with Crippen LogP contribution in [-0.2, 0) is 16.1 Å². The number of carbonyl (C=O) groups excluding carboxylic acids is 2. The van der Waals surface area contributed by atoms with Crippen molar-refractivity contribution < 1.29 is 9.59 Å². The van der Waals surface area contributed by atoms with Gasteiger partial charge in [0, 0.05) is 24.6 Å². The number of rotatable bonds is 6. The molecule has 1 saturated carbocycles. The van der Waals surface area contributed by atoms with Crippen LogP contribution in [0.2, 0.25) is 0 Å². The van der Waals surface area contributed by atoms with Crippen molar-refractivity contribution in [2.24, 2.45) is 5.41 Å². The number of anilines is 1. The first kappa shape index (κ1) is 17.1. The summed E-state index contributed by atoms with van der Waals surface area (Å²) in [5.41, 5.74) is 1.92. The maximum Gasteiger partial charge on any atom is 0.240 e. The molecular weight excluding hydrogens is 314 g/mol. The van der Waals surface area contributed by atoms with Crippen molar-refractivity contribution in [2.45, 2.75) is 39.2 Å². The van der Waals surface area contributed by atoms with Gasteiger partial charge in [-0.2, -0.15) is 0 Å². The van der Waals surface area contributed by atoms with Crippen molar-refractivity contribution in [3.8, 4) is 0 Å². The number of aromatic nitrogens is 1. The first-order valence-electron chi connectivity index (χ1n) is 8.60. The molecule has 5 heteroatoms. The third-order valence-electron chi connectivity index (χ3n) is 4.63. The summed E-state index contributed by atoms with van der Waals surface area (Å²) < 4.78 is 0. The van der Waals surface area contributed by atoms with Gasteiger partial charge in [-0.15, -0.1) is 0 Å². The third-order valence-corrected chi connectivity index (χ3v) is 4.63. The van der Waals surface area contributed by atoms with Crippen LogP contribution in [0.5, 0.6) is 0 Å². The molecule has 130 valence electrons. The van der Waals surface area contributed by atoms with Gasteiger partial charge in [0.1, 0.15) is 5.41 Å². The van der Waals surface area contributed by atoms with Gasteiger partial charge < -0.3 is 10.6 Å². The van der Waals surface area contributed by atoms with Crippen molar-refractivity contribution in [2.75, 3.05) is 5.32 Å². The molecular formula is C20H23N3O2. The Morgan fingerprint density at radius 2 is 1.84 bits per heavy atom. The molecule has 0 bridgehead atoms. The highest BCUT2D eigenvalue weighted by Crippen LogP contribution is 2.46. The summed E-state index contributed by atoms with van der Waals surface area (Å²) in [6.07, 6.45) is 4.56. The van der Waals surface area contributed by atoms with E-state index in [2.05, 4.69) is 29.5 Å². The van der Waals surface area contributed by atoms with Crippen LogP contribution in [0.3, 0.4) is 0 Å². The van der Waals surface area contributed by atoms with Gasteiger partial charge in [0.25, 0.3) is 0 Å². The molecule has 5 nitrogen and oxygen atoms in total. The van der Waals surface area contributed by atoms with E-state index < -0.39 is 5.41 Å². The summed E-state index contributed by atoms with van der Waals surface area (Å²) in [6.45, 7) is 4.63. The van der Waals surface area contributed by atoms with E-state index in [0.717, 1.165) is 11.3 Å². The van der Waals surface area contributed by atoms with E-state index >= 15 is 0 Å². The second kappa shape index (κ2) is 7.05. The second-order valence-electron chi connectivity index (χ2n) is 6.86.